The maximum atomic E-state index is 12.5. The maximum Gasteiger partial charge on any atom is 0.223 e. The summed E-state index contributed by atoms with van der Waals surface area (Å²) in [5.41, 5.74) is 5.37. The molecule has 28 heavy (non-hydrogen) atoms. The number of benzene rings is 2. The normalized spacial score (nSPS) is 16.0. The Labute approximate surface area is 167 Å². The molecular formula is C23H28N4O. The largest absolute Gasteiger partial charge is 0.356 e. The van der Waals surface area contributed by atoms with Crippen LogP contribution in [0.2, 0.25) is 0 Å². The lowest BCUT2D eigenvalue weighted by Crippen LogP contribution is -2.44. The second-order valence-electron chi connectivity index (χ2n) is 7.54. The highest BCUT2D eigenvalue weighted by Crippen LogP contribution is 2.23. The molecule has 5 nitrogen and oxygen atoms in total. The van der Waals surface area contributed by atoms with E-state index in [1.807, 2.05) is 24.1 Å². The Hall–Kier alpha value is -2.82. The fourth-order valence-corrected chi connectivity index (χ4v) is 4.12. The van der Waals surface area contributed by atoms with Gasteiger partial charge in [-0.05, 0) is 35.1 Å². The molecular weight excluding hydrogens is 348 g/mol. The average molecular weight is 377 g/mol. The van der Waals surface area contributed by atoms with Gasteiger partial charge in [-0.2, -0.15) is 0 Å². The van der Waals surface area contributed by atoms with Gasteiger partial charge in [-0.15, -0.1) is 0 Å². The lowest BCUT2D eigenvalue weighted by molar-refractivity contribution is -0.131. The lowest BCUT2D eigenvalue weighted by Gasteiger charge is -2.31. The molecule has 4 rings (SSSR count). The van der Waals surface area contributed by atoms with E-state index in [1.54, 1.807) is 0 Å². The van der Waals surface area contributed by atoms with Gasteiger partial charge in [-0.1, -0.05) is 48.5 Å². The quantitative estimate of drug-likeness (QED) is 0.507. The van der Waals surface area contributed by atoms with E-state index >= 15 is 0 Å². The minimum Gasteiger partial charge on any atom is -0.356 e. The smallest absolute Gasteiger partial charge is 0.223 e. The van der Waals surface area contributed by atoms with Crippen molar-refractivity contribution in [2.24, 2.45) is 4.99 Å². The van der Waals surface area contributed by atoms with E-state index in [2.05, 4.69) is 51.6 Å². The van der Waals surface area contributed by atoms with E-state index in [0.29, 0.717) is 6.42 Å². The molecule has 0 spiro atoms. The molecule has 1 amide bonds. The number of hydrogen-bond donors (Lipinski definition) is 1. The van der Waals surface area contributed by atoms with Crippen molar-refractivity contribution in [2.45, 2.75) is 38.9 Å². The van der Waals surface area contributed by atoms with Crippen molar-refractivity contribution in [3.05, 3.63) is 70.8 Å². The van der Waals surface area contributed by atoms with E-state index < -0.39 is 0 Å². The highest BCUT2D eigenvalue weighted by Gasteiger charge is 2.22. The molecule has 0 aromatic heterocycles. The van der Waals surface area contributed by atoms with Crippen LogP contribution in [0, 0.1) is 0 Å². The first kappa shape index (κ1) is 18.5. The summed E-state index contributed by atoms with van der Waals surface area (Å²) in [6, 6.07) is 16.9. The Morgan fingerprint density at radius 1 is 0.929 bits per heavy atom. The molecule has 2 heterocycles. The van der Waals surface area contributed by atoms with Crippen molar-refractivity contribution >= 4 is 11.9 Å². The van der Waals surface area contributed by atoms with Crippen LogP contribution in [-0.2, 0) is 30.8 Å². The molecule has 5 heteroatoms. The first-order valence-corrected chi connectivity index (χ1v) is 10.1. The van der Waals surface area contributed by atoms with Crippen molar-refractivity contribution in [2.75, 3.05) is 20.1 Å². The molecule has 2 aromatic rings. The number of hydrogen-bond acceptors (Lipinski definition) is 2. The molecule has 0 bridgehead atoms. The Morgan fingerprint density at radius 3 is 2.14 bits per heavy atom. The Bertz CT molecular complexity index is 851. The molecule has 2 aliphatic heterocycles. The number of rotatable bonds is 4. The van der Waals surface area contributed by atoms with Gasteiger partial charge < -0.3 is 15.1 Å². The van der Waals surface area contributed by atoms with Crippen LogP contribution >= 0.6 is 0 Å². The number of aliphatic imine (C=N–C) groups is 1. The maximum absolute atomic E-state index is 12.5. The number of nitrogens with one attached hydrogen (secondary N) is 1. The van der Waals surface area contributed by atoms with Gasteiger partial charge in [0.15, 0.2) is 5.96 Å². The zero-order valence-corrected chi connectivity index (χ0v) is 16.5. The van der Waals surface area contributed by atoms with Gasteiger partial charge in [0.2, 0.25) is 5.91 Å². The molecule has 0 atom stereocenters. The third-order valence-corrected chi connectivity index (χ3v) is 5.69. The van der Waals surface area contributed by atoms with Crippen LogP contribution in [-0.4, -0.2) is 41.8 Å². The Kier molecular flexibility index (Phi) is 5.60. The first-order chi connectivity index (χ1) is 13.7. The zero-order valence-electron chi connectivity index (χ0n) is 16.5. The summed E-state index contributed by atoms with van der Waals surface area (Å²) in [7, 11) is 1.83. The first-order valence-electron chi connectivity index (χ1n) is 10.1. The molecule has 1 N–H and O–H groups in total. The van der Waals surface area contributed by atoms with Gasteiger partial charge in [0, 0.05) is 46.2 Å². The molecule has 0 fully saturated rings. The van der Waals surface area contributed by atoms with Gasteiger partial charge in [-0.3, -0.25) is 9.79 Å². The second-order valence-corrected chi connectivity index (χ2v) is 7.54. The summed E-state index contributed by atoms with van der Waals surface area (Å²) in [6.45, 7) is 4.12. The summed E-state index contributed by atoms with van der Waals surface area (Å²) in [6.07, 6.45) is 2.43. The van der Waals surface area contributed by atoms with Crippen molar-refractivity contribution in [3.8, 4) is 0 Å². The van der Waals surface area contributed by atoms with Crippen molar-refractivity contribution < 1.29 is 4.79 Å². The summed E-state index contributed by atoms with van der Waals surface area (Å²) in [4.78, 5) is 21.2. The van der Waals surface area contributed by atoms with E-state index in [1.165, 1.54) is 22.3 Å². The molecule has 2 aliphatic rings. The van der Waals surface area contributed by atoms with Crippen LogP contribution in [0.1, 0.15) is 35.1 Å². The van der Waals surface area contributed by atoms with Crippen molar-refractivity contribution in [3.63, 3.8) is 0 Å². The molecule has 2 aromatic carbocycles. The minimum atomic E-state index is 0.236. The number of nitrogens with zero attached hydrogens (tertiary/aromatic N) is 3. The molecule has 0 unspecified atom stereocenters. The van der Waals surface area contributed by atoms with Crippen LogP contribution < -0.4 is 5.32 Å². The van der Waals surface area contributed by atoms with Crippen molar-refractivity contribution in [1.82, 2.24) is 15.1 Å². The fraction of sp³-hybridized carbons (Fsp3) is 0.391. The number of carbonyl (C=O) groups is 1. The van der Waals surface area contributed by atoms with E-state index in [4.69, 9.17) is 0 Å². The van der Waals surface area contributed by atoms with Crippen LogP contribution in [0.4, 0.5) is 0 Å². The standard InChI is InChI=1S/C23H28N4O/c1-24-23(26-14-12-18-7-2-3-8-19(18)15-26)25-13-6-11-22(28)27-16-20-9-4-5-10-21(20)17-27/h2-5,7-10H,6,11-17H2,1H3,(H,24,25). The summed E-state index contributed by atoms with van der Waals surface area (Å²) < 4.78 is 0. The Balaban J connectivity index is 1.22. The molecule has 146 valence electrons. The van der Waals surface area contributed by atoms with E-state index in [-0.39, 0.29) is 5.91 Å². The molecule has 0 saturated heterocycles. The van der Waals surface area contributed by atoms with E-state index in [0.717, 1.165) is 51.5 Å². The molecule has 0 saturated carbocycles. The number of carbonyl (C=O) groups excluding carboxylic acids is 1. The highest BCUT2D eigenvalue weighted by atomic mass is 16.2. The van der Waals surface area contributed by atoms with Gasteiger partial charge in [0.25, 0.3) is 0 Å². The highest BCUT2D eigenvalue weighted by molar-refractivity contribution is 5.80. The predicted octanol–water partition coefficient (Wildman–Crippen LogP) is 2.94. The monoisotopic (exact) mass is 376 g/mol. The summed E-state index contributed by atoms with van der Waals surface area (Å²) in [5, 5.41) is 3.44. The predicted molar refractivity (Wildman–Crippen MR) is 112 cm³/mol. The van der Waals surface area contributed by atoms with Gasteiger partial charge in [0.1, 0.15) is 0 Å². The van der Waals surface area contributed by atoms with E-state index in [9.17, 15) is 4.79 Å². The number of amides is 1. The number of guanidine groups is 1. The second kappa shape index (κ2) is 8.46. The van der Waals surface area contributed by atoms with Crippen LogP contribution in [0.15, 0.2) is 53.5 Å². The topological polar surface area (TPSA) is 47.9 Å². The van der Waals surface area contributed by atoms with Crippen LogP contribution in [0.3, 0.4) is 0 Å². The van der Waals surface area contributed by atoms with Crippen LogP contribution in [0.5, 0.6) is 0 Å². The summed E-state index contributed by atoms with van der Waals surface area (Å²) in [5.74, 6) is 1.16. The summed E-state index contributed by atoms with van der Waals surface area (Å²) >= 11 is 0. The molecule has 0 radical (unpaired) electrons. The Morgan fingerprint density at radius 2 is 1.50 bits per heavy atom. The lowest BCUT2D eigenvalue weighted by atomic mass is 10.0. The van der Waals surface area contributed by atoms with Gasteiger partial charge >= 0.3 is 0 Å². The third kappa shape index (κ3) is 4.03. The zero-order chi connectivity index (χ0) is 19.3. The average Bonchev–Trinajstić information content (AvgIpc) is 3.18. The SMILES string of the molecule is CN=C(NCCCC(=O)N1Cc2ccccc2C1)N1CCc2ccccc2C1. The van der Waals surface area contributed by atoms with Gasteiger partial charge in [-0.25, -0.2) is 0 Å². The fourth-order valence-electron chi connectivity index (χ4n) is 4.12. The van der Waals surface area contributed by atoms with Crippen LogP contribution in [0.25, 0.3) is 0 Å². The third-order valence-electron chi connectivity index (χ3n) is 5.69. The molecule has 0 aliphatic carbocycles. The van der Waals surface area contributed by atoms with Crippen molar-refractivity contribution in [1.29, 1.82) is 0 Å². The van der Waals surface area contributed by atoms with Gasteiger partial charge in [0.05, 0.1) is 0 Å². The number of fused-ring (bicyclic) bond motifs is 2. The minimum absolute atomic E-state index is 0.236.